The second-order valence-electron chi connectivity index (χ2n) is 6.04. The van der Waals surface area contributed by atoms with Gasteiger partial charge in [-0.2, -0.15) is 4.98 Å². The quantitative estimate of drug-likeness (QED) is 0.650. The van der Waals surface area contributed by atoms with Crippen LogP contribution in [0.5, 0.6) is 0 Å². The fourth-order valence-corrected chi connectivity index (χ4v) is 2.75. The first kappa shape index (κ1) is 14.5. The fraction of sp³-hybridized carbons (Fsp3) is 0.692. The van der Waals surface area contributed by atoms with Gasteiger partial charge in [-0.1, -0.05) is 20.3 Å². The Hall–Kier alpha value is -1.92. The van der Waals surface area contributed by atoms with Gasteiger partial charge in [0.2, 0.25) is 11.8 Å². The topological polar surface area (TPSA) is 93.0 Å². The summed E-state index contributed by atoms with van der Waals surface area (Å²) in [5.74, 6) is 0.685. The molecule has 0 spiro atoms. The summed E-state index contributed by atoms with van der Waals surface area (Å²) >= 11 is 0. The molecule has 1 aromatic heterocycles. The van der Waals surface area contributed by atoms with Gasteiger partial charge in [0.15, 0.2) is 0 Å². The second-order valence-corrected chi connectivity index (χ2v) is 6.04. The van der Waals surface area contributed by atoms with Gasteiger partial charge >= 0.3 is 5.69 Å². The number of nitro groups is 1. The summed E-state index contributed by atoms with van der Waals surface area (Å²) in [6.45, 7) is 4.46. The van der Waals surface area contributed by atoms with E-state index in [0.29, 0.717) is 11.8 Å². The van der Waals surface area contributed by atoms with Crippen molar-refractivity contribution in [2.75, 3.05) is 17.7 Å². The van der Waals surface area contributed by atoms with Gasteiger partial charge in [-0.25, -0.2) is 4.98 Å². The summed E-state index contributed by atoms with van der Waals surface area (Å²) < 4.78 is 0. The summed E-state index contributed by atoms with van der Waals surface area (Å²) in [5, 5.41) is 17.1. The lowest BCUT2D eigenvalue weighted by atomic mass is 9.75. The van der Waals surface area contributed by atoms with Crippen molar-refractivity contribution in [3.8, 4) is 0 Å². The number of nitrogens with one attached hydrogen (secondary N) is 2. The predicted molar refractivity (Wildman–Crippen MR) is 77.9 cm³/mol. The van der Waals surface area contributed by atoms with E-state index in [4.69, 9.17) is 0 Å². The van der Waals surface area contributed by atoms with Crippen molar-refractivity contribution in [3.63, 3.8) is 0 Å². The number of aromatic nitrogens is 2. The molecule has 1 aliphatic carbocycles. The minimum atomic E-state index is -0.449. The van der Waals surface area contributed by atoms with Gasteiger partial charge in [0.1, 0.15) is 6.20 Å². The van der Waals surface area contributed by atoms with Crippen LogP contribution in [0.4, 0.5) is 17.5 Å². The molecule has 1 unspecified atom stereocenters. The Morgan fingerprint density at radius 1 is 1.50 bits per heavy atom. The lowest BCUT2D eigenvalue weighted by molar-refractivity contribution is -0.384. The number of hydrogen-bond acceptors (Lipinski definition) is 6. The molecule has 0 aromatic carbocycles. The Morgan fingerprint density at radius 2 is 2.25 bits per heavy atom. The van der Waals surface area contributed by atoms with E-state index in [9.17, 15) is 10.1 Å². The molecule has 0 bridgehead atoms. The smallest absolute Gasteiger partial charge is 0.329 e. The van der Waals surface area contributed by atoms with Crippen LogP contribution in [-0.4, -0.2) is 28.0 Å². The SMILES string of the molecule is CNc1ncc([N+](=O)[O-])c(NC2CCCC(C)(C)C2)n1. The zero-order valence-electron chi connectivity index (χ0n) is 12.1. The standard InChI is InChI=1S/C13H21N5O2/c1-13(2)6-4-5-9(7-13)16-11-10(18(19)20)8-15-12(14-3)17-11/h8-9H,4-7H2,1-3H3,(H2,14,15,16,17). The van der Waals surface area contributed by atoms with E-state index in [0.717, 1.165) is 19.3 Å². The minimum Gasteiger partial charge on any atom is -0.361 e. The largest absolute Gasteiger partial charge is 0.361 e. The summed E-state index contributed by atoms with van der Waals surface area (Å²) in [7, 11) is 1.69. The third-order valence-corrected chi connectivity index (χ3v) is 3.74. The van der Waals surface area contributed by atoms with E-state index in [1.54, 1.807) is 7.05 Å². The number of rotatable bonds is 4. The van der Waals surface area contributed by atoms with Crippen LogP contribution in [0.2, 0.25) is 0 Å². The van der Waals surface area contributed by atoms with Crippen molar-refractivity contribution in [1.82, 2.24) is 9.97 Å². The number of nitrogens with zero attached hydrogens (tertiary/aromatic N) is 3. The zero-order valence-corrected chi connectivity index (χ0v) is 12.1. The Bertz CT molecular complexity index is 504. The molecule has 1 aromatic rings. The van der Waals surface area contributed by atoms with Crippen molar-refractivity contribution in [1.29, 1.82) is 0 Å². The molecule has 1 atom stereocenters. The van der Waals surface area contributed by atoms with E-state index in [1.807, 2.05) is 0 Å². The zero-order chi connectivity index (χ0) is 14.8. The molecule has 0 saturated heterocycles. The minimum absolute atomic E-state index is 0.0765. The molecule has 1 aliphatic rings. The summed E-state index contributed by atoms with van der Waals surface area (Å²) in [4.78, 5) is 18.7. The first-order valence-electron chi connectivity index (χ1n) is 6.87. The molecule has 7 heteroatoms. The van der Waals surface area contributed by atoms with E-state index in [2.05, 4.69) is 34.4 Å². The van der Waals surface area contributed by atoms with Crippen LogP contribution in [0.3, 0.4) is 0 Å². The lowest BCUT2D eigenvalue weighted by Crippen LogP contribution is -2.32. The maximum absolute atomic E-state index is 11.1. The third kappa shape index (κ3) is 3.34. The number of anilines is 2. The van der Waals surface area contributed by atoms with Gasteiger partial charge < -0.3 is 10.6 Å². The van der Waals surface area contributed by atoms with Gasteiger partial charge in [0.25, 0.3) is 0 Å². The van der Waals surface area contributed by atoms with Crippen molar-refractivity contribution in [2.45, 2.75) is 45.6 Å². The lowest BCUT2D eigenvalue weighted by Gasteiger charge is -2.35. The highest BCUT2D eigenvalue weighted by Gasteiger charge is 2.29. The summed E-state index contributed by atoms with van der Waals surface area (Å²) in [6.07, 6.45) is 5.57. The molecule has 0 radical (unpaired) electrons. The molecule has 7 nitrogen and oxygen atoms in total. The molecule has 110 valence electrons. The highest BCUT2D eigenvalue weighted by molar-refractivity contribution is 5.57. The van der Waals surface area contributed by atoms with Crippen molar-refractivity contribution in [2.24, 2.45) is 5.41 Å². The number of hydrogen-bond donors (Lipinski definition) is 2. The molecular weight excluding hydrogens is 258 g/mol. The molecule has 0 aliphatic heterocycles. The highest BCUT2D eigenvalue weighted by atomic mass is 16.6. The van der Waals surface area contributed by atoms with Gasteiger partial charge in [-0.15, -0.1) is 0 Å². The van der Waals surface area contributed by atoms with Crippen LogP contribution in [0.1, 0.15) is 39.5 Å². The van der Waals surface area contributed by atoms with Crippen LogP contribution in [-0.2, 0) is 0 Å². The van der Waals surface area contributed by atoms with Crippen LogP contribution >= 0.6 is 0 Å². The molecule has 1 heterocycles. The predicted octanol–water partition coefficient (Wildman–Crippen LogP) is 2.81. The summed E-state index contributed by atoms with van der Waals surface area (Å²) in [6, 6.07) is 0.219. The van der Waals surface area contributed by atoms with E-state index in [-0.39, 0.29) is 17.1 Å². The second kappa shape index (κ2) is 5.60. The molecular formula is C13H21N5O2. The van der Waals surface area contributed by atoms with Gasteiger partial charge in [-0.05, 0) is 24.7 Å². The molecule has 0 amide bonds. The molecule has 2 rings (SSSR count). The molecule has 1 fully saturated rings. The van der Waals surface area contributed by atoms with E-state index >= 15 is 0 Å². The van der Waals surface area contributed by atoms with Crippen LogP contribution < -0.4 is 10.6 Å². The fourth-order valence-electron chi connectivity index (χ4n) is 2.75. The Kier molecular flexibility index (Phi) is 4.06. The Labute approximate surface area is 118 Å². The van der Waals surface area contributed by atoms with Crippen LogP contribution in [0, 0.1) is 15.5 Å². The maximum Gasteiger partial charge on any atom is 0.329 e. The van der Waals surface area contributed by atoms with Gasteiger partial charge in [-0.3, -0.25) is 10.1 Å². The van der Waals surface area contributed by atoms with Crippen LogP contribution in [0.25, 0.3) is 0 Å². The molecule has 2 N–H and O–H groups in total. The maximum atomic E-state index is 11.1. The summed E-state index contributed by atoms with van der Waals surface area (Å²) in [5.41, 5.74) is 0.191. The normalized spacial score (nSPS) is 21.2. The Balaban J connectivity index is 2.20. The average molecular weight is 279 g/mol. The van der Waals surface area contributed by atoms with Crippen molar-refractivity contribution >= 4 is 17.5 Å². The molecule has 20 heavy (non-hydrogen) atoms. The van der Waals surface area contributed by atoms with Gasteiger partial charge in [0, 0.05) is 13.1 Å². The average Bonchev–Trinajstić information content (AvgIpc) is 2.37. The van der Waals surface area contributed by atoms with E-state index in [1.165, 1.54) is 12.6 Å². The third-order valence-electron chi connectivity index (χ3n) is 3.74. The highest BCUT2D eigenvalue weighted by Crippen LogP contribution is 2.37. The first-order valence-corrected chi connectivity index (χ1v) is 6.87. The van der Waals surface area contributed by atoms with Gasteiger partial charge in [0.05, 0.1) is 4.92 Å². The van der Waals surface area contributed by atoms with E-state index < -0.39 is 4.92 Å². The molecule has 1 saturated carbocycles. The van der Waals surface area contributed by atoms with Crippen molar-refractivity contribution in [3.05, 3.63) is 16.3 Å². The Morgan fingerprint density at radius 3 is 2.85 bits per heavy atom. The first-order chi connectivity index (χ1) is 9.41. The monoisotopic (exact) mass is 279 g/mol. The van der Waals surface area contributed by atoms with Crippen LogP contribution in [0.15, 0.2) is 6.20 Å². The van der Waals surface area contributed by atoms with Crippen molar-refractivity contribution < 1.29 is 4.92 Å².